The van der Waals surface area contributed by atoms with E-state index < -0.39 is 0 Å². The molecule has 0 bridgehead atoms. The molecular formula is C50H29N3OS. The van der Waals surface area contributed by atoms with Gasteiger partial charge in [-0.2, -0.15) is 0 Å². The molecular weight excluding hydrogens is 691 g/mol. The van der Waals surface area contributed by atoms with Gasteiger partial charge in [0, 0.05) is 37.2 Å². The molecule has 12 aromatic rings. The van der Waals surface area contributed by atoms with E-state index in [0.29, 0.717) is 5.95 Å². The quantitative estimate of drug-likeness (QED) is 0.182. The highest BCUT2D eigenvalue weighted by molar-refractivity contribution is 7.26. The second kappa shape index (κ2) is 11.7. The molecule has 8 aromatic carbocycles. The van der Waals surface area contributed by atoms with Crippen molar-refractivity contribution in [2.75, 3.05) is 0 Å². The first-order chi connectivity index (χ1) is 27.3. The van der Waals surface area contributed by atoms with Gasteiger partial charge in [-0.3, -0.25) is 4.57 Å². The van der Waals surface area contributed by atoms with Crippen molar-refractivity contribution in [1.29, 1.82) is 0 Å². The molecule has 0 atom stereocenters. The standard InChI is InChI=1S/C50H29N3OS/c1-4-12-30(13-5-1)33-20-23-36-35(28-33)22-27-42-44(36)39-25-24-37-40-29-34(31-14-6-2-7-15-31)21-26-41(40)53(47(37)48(39)54-42)50-51-45(32-16-8-3-9-17-32)49-46(52-50)38-18-10-11-19-43(38)55-49/h1-29H. The number of benzene rings is 8. The number of furan rings is 1. The zero-order valence-electron chi connectivity index (χ0n) is 29.4. The Morgan fingerprint density at radius 1 is 0.473 bits per heavy atom. The van der Waals surface area contributed by atoms with Gasteiger partial charge in [0.2, 0.25) is 5.95 Å². The predicted molar refractivity (Wildman–Crippen MR) is 230 cm³/mol. The van der Waals surface area contributed by atoms with Gasteiger partial charge >= 0.3 is 0 Å². The summed E-state index contributed by atoms with van der Waals surface area (Å²) in [7, 11) is 0. The van der Waals surface area contributed by atoms with Gasteiger partial charge in [0.05, 0.1) is 21.4 Å². The number of hydrogen-bond acceptors (Lipinski definition) is 4. The first-order valence-electron chi connectivity index (χ1n) is 18.5. The maximum atomic E-state index is 6.98. The fraction of sp³-hybridized carbons (Fsp3) is 0. The molecule has 0 unspecified atom stereocenters. The minimum Gasteiger partial charge on any atom is -0.454 e. The van der Waals surface area contributed by atoms with Crippen LogP contribution in [0.15, 0.2) is 180 Å². The van der Waals surface area contributed by atoms with E-state index in [1.807, 2.05) is 0 Å². The van der Waals surface area contributed by atoms with E-state index in [-0.39, 0.29) is 0 Å². The molecule has 0 radical (unpaired) electrons. The summed E-state index contributed by atoms with van der Waals surface area (Å²) in [6.07, 6.45) is 0. The molecule has 0 saturated heterocycles. The molecule has 55 heavy (non-hydrogen) atoms. The monoisotopic (exact) mass is 719 g/mol. The van der Waals surface area contributed by atoms with Crippen LogP contribution in [0.3, 0.4) is 0 Å². The number of fused-ring (bicyclic) bond motifs is 12. The summed E-state index contributed by atoms with van der Waals surface area (Å²) in [5.74, 6) is 0.618. The lowest BCUT2D eigenvalue weighted by molar-refractivity contribution is 0.671. The summed E-state index contributed by atoms with van der Waals surface area (Å²) < 4.78 is 11.5. The average Bonchev–Trinajstić information content (AvgIpc) is 3.93. The summed E-state index contributed by atoms with van der Waals surface area (Å²) in [5.41, 5.74) is 11.3. The van der Waals surface area contributed by atoms with Crippen LogP contribution < -0.4 is 0 Å². The molecule has 0 N–H and O–H groups in total. The van der Waals surface area contributed by atoms with E-state index in [0.717, 1.165) is 81.6 Å². The van der Waals surface area contributed by atoms with Gasteiger partial charge in [0.15, 0.2) is 5.58 Å². The van der Waals surface area contributed by atoms with Gasteiger partial charge < -0.3 is 4.42 Å². The lowest BCUT2D eigenvalue weighted by Crippen LogP contribution is -2.03. The normalized spacial score (nSPS) is 12.0. The van der Waals surface area contributed by atoms with Crippen molar-refractivity contribution in [3.63, 3.8) is 0 Å². The Balaban J connectivity index is 1.20. The minimum atomic E-state index is 0.618. The third kappa shape index (κ3) is 4.57. The summed E-state index contributed by atoms with van der Waals surface area (Å²) in [5, 5.41) is 7.87. The Labute approximate surface area is 319 Å². The largest absolute Gasteiger partial charge is 0.454 e. The zero-order chi connectivity index (χ0) is 36.0. The molecule has 12 rings (SSSR count). The molecule has 0 fully saturated rings. The topological polar surface area (TPSA) is 43.9 Å². The number of thiophene rings is 1. The van der Waals surface area contributed by atoms with Crippen molar-refractivity contribution in [2.45, 2.75) is 0 Å². The lowest BCUT2D eigenvalue weighted by Gasteiger charge is -2.10. The summed E-state index contributed by atoms with van der Waals surface area (Å²) >= 11 is 1.75. The van der Waals surface area contributed by atoms with Crippen molar-refractivity contribution in [1.82, 2.24) is 14.5 Å². The summed E-state index contributed by atoms with van der Waals surface area (Å²) in [6, 6.07) is 62.4. The van der Waals surface area contributed by atoms with Crippen molar-refractivity contribution < 1.29 is 4.42 Å². The van der Waals surface area contributed by atoms with Gasteiger partial charge in [-0.15, -0.1) is 11.3 Å². The van der Waals surface area contributed by atoms with Crippen LogP contribution in [0.1, 0.15) is 0 Å². The number of hydrogen-bond donors (Lipinski definition) is 0. The number of nitrogens with zero attached hydrogens (tertiary/aromatic N) is 3. The zero-order valence-corrected chi connectivity index (χ0v) is 30.2. The highest BCUT2D eigenvalue weighted by Crippen LogP contribution is 2.45. The van der Waals surface area contributed by atoms with E-state index in [4.69, 9.17) is 14.4 Å². The van der Waals surface area contributed by atoms with Gasteiger partial charge in [0.1, 0.15) is 11.1 Å². The maximum absolute atomic E-state index is 6.98. The highest BCUT2D eigenvalue weighted by atomic mass is 32.1. The van der Waals surface area contributed by atoms with Crippen LogP contribution >= 0.6 is 11.3 Å². The van der Waals surface area contributed by atoms with Crippen LogP contribution in [0.2, 0.25) is 0 Å². The van der Waals surface area contributed by atoms with Gasteiger partial charge in [-0.25, -0.2) is 9.97 Å². The Hall–Kier alpha value is -7.08. The third-order valence-electron chi connectivity index (χ3n) is 11.0. The molecule has 0 aliphatic carbocycles. The van der Waals surface area contributed by atoms with E-state index in [9.17, 15) is 0 Å². The van der Waals surface area contributed by atoms with Crippen LogP contribution in [0.4, 0.5) is 0 Å². The second-order valence-corrected chi connectivity index (χ2v) is 15.2. The molecule has 4 aromatic heterocycles. The second-order valence-electron chi connectivity index (χ2n) is 14.1. The Morgan fingerprint density at radius 3 is 1.91 bits per heavy atom. The van der Waals surface area contributed by atoms with Crippen molar-refractivity contribution in [3.05, 3.63) is 176 Å². The Morgan fingerprint density at radius 2 is 1.13 bits per heavy atom. The fourth-order valence-electron chi connectivity index (χ4n) is 8.46. The van der Waals surface area contributed by atoms with Crippen molar-refractivity contribution >= 4 is 86.2 Å². The SMILES string of the molecule is c1ccc(-c2ccc3c(ccc4oc5c(ccc6c7cc(-c8ccccc8)ccc7n(-c7nc(-c8ccccc8)c8sc9ccccc9c8n7)c65)c43)c2)cc1. The smallest absolute Gasteiger partial charge is 0.236 e. The van der Waals surface area contributed by atoms with Crippen LogP contribution in [0.5, 0.6) is 0 Å². The predicted octanol–water partition coefficient (Wildman–Crippen LogP) is 14.0. The van der Waals surface area contributed by atoms with E-state index in [1.54, 1.807) is 11.3 Å². The number of rotatable bonds is 4. The van der Waals surface area contributed by atoms with E-state index >= 15 is 0 Å². The maximum Gasteiger partial charge on any atom is 0.236 e. The highest BCUT2D eigenvalue weighted by Gasteiger charge is 2.24. The molecule has 5 heteroatoms. The molecule has 256 valence electrons. The number of aromatic nitrogens is 3. The molecule has 0 amide bonds. The van der Waals surface area contributed by atoms with E-state index in [2.05, 4.69) is 180 Å². The summed E-state index contributed by atoms with van der Waals surface area (Å²) in [4.78, 5) is 10.9. The molecule has 4 nitrogen and oxygen atoms in total. The average molecular weight is 720 g/mol. The Bertz CT molecular complexity index is 3470. The fourth-order valence-corrected chi connectivity index (χ4v) is 9.61. The van der Waals surface area contributed by atoms with Crippen LogP contribution in [0, 0.1) is 0 Å². The first kappa shape index (κ1) is 30.4. The lowest BCUT2D eigenvalue weighted by atomic mass is 9.98. The minimum absolute atomic E-state index is 0.618. The molecule has 0 aliphatic rings. The van der Waals surface area contributed by atoms with Crippen molar-refractivity contribution in [3.8, 4) is 39.5 Å². The van der Waals surface area contributed by atoms with E-state index in [1.165, 1.54) is 26.8 Å². The van der Waals surface area contributed by atoms with Crippen LogP contribution in [-0.4, -0.2) is 14.5 Å². The molecule has 4 heterocycles. The Kier molecular flexibility index (Phi) is 6.47. The van der Waals surface area contributed by atoms with Crippen LogP contribution in [-0.2, 0) is 0 Å². The molecule has 0 spiro atoms. The van der Waals surface area contributed by atoms with Gasteiger partial charge in [-0.1, -0.05) is 140 Å². The van der Waals surface area contributed by atoms with Crippen molar-refractivity contribution in [2.24, 2.45) is 0 Å². The van der Waals surface area contributed by atoms with Crippen LogP contribution in [0.25, 0.3) is 114 Å². The molecule has 0 aliphatic heterocycles. The molecule has 0 saturated carbocycles. The van der Waals surface area contributed by atoms with Gasteiger partial charge in [0.25, 0.3) is 0 Å². The first-order valence-corrected chi connectivity index (χ1v) is 19.3. The third-order valence-corrected chi connectivity index (χ3v) is 12.2. The summed E-state index contributed by atoms with van der Waals surface area (Å²) in [6.45, 7) is 0. The van der Waals surface area contributed by atoms with Gasteiger partial charge in [-0.05, 0) is 69.4 Å².